The van der Waals surface area contributed by atoms with Gasteiger partial charge in [0.05, 0.1) is 11.1 Å². The Balaban J connectivity index is 1.91. The summed E-state index contributed by atoms with van der Waals surface area (Å²) in [6, 6.07) is 22.1. The Labute approximate surface area is 189 Å². The number of hydrogen-bond acceptors (Lipinski definition) is 0. The van der Waals surface area contributed by atoms with Gasteiger partial charge in [-0.3, -0.25) is 0 Å². The fourth-order valence-corrected chi connectivity index (χ4v) is 4.96. The van der Waals surface area contributed by atoms with Crippen LogP contribution in [0.25, 0.3) is 53.9 Å². The van der Waals surface area contributed by atoms with Crippen molar-refractivity contribution in [2.45, 2.75) is 12.4 Å². The van der Waals surface area contributed by atoms with Crippen molar-refractivity contribution in [2.24, 2.45) is 0 Å². The largest absolute Gasteiger partial charge is 0.417 e. The molecule has 0 nitrogen and oxygen atoms in total. The van der Waals surface area contributed by atoms with Crippen molar-refractivity contribution in [3.05, 3.63) is 96.1 Å². The van der Waals surface area contributed by atoms with Gasteiger partial charge >= 0.3 is 12.4 Å². The minimum absolute atomic E-state index is 0.444. The van der Waals surface area contributed by atoms with E-state index < -0.39 is 45.0 Å². The summed E-state index contributed by atoms with van der Waals surface area (Å²) in [6.07, 6.45) is -9.71. The summed E-state index contributed by atoms with van der Waals surface area (Å²) in [5.74, 6) is 0. The van der Waals surface area contributed by atoms with Crippen molar-refractivity contribution in [1.82, 2.24) is 0 Å². The average molecular weight is 464 g/mol. The van der Waals surface area contributed by atoms with E-state index in [0.29, 0.717) is 21.5 Å². The summed E-state index contributed by atoms with van der Waals surface area (Å²) in [4.78, 5) is 0. The minimum atomic E-state index is -4.85. The second kappa shape index (κ2) is 6.86. The van der Waals surface area contributed by atoms with Gasteiger partial charge < -0.3 is 0 Å². The maximum atomic E-state index is 14.4. The Hall–Kier alpha value is -3.80. The zero-order valence-corrected chi connectivity index (χ0v) is 17.4. The molecule has 0 atom stereocenters. The van der Waals surface area contributed by atoms with Crippen LogP contribution in [0.5, 0.6) is 0 Å². The maximum absolute atomic E-state index is 14.4. The van der Waals surface area contributed by atoms with Crippen molar-refractivity contribution in [3.8, 4) is 0 Å². The lowest BCUT2D eigenvalue weighted by molar-refractivity contribution is -0.137. The zero-order chi connectivity index (χ0) is 23.8. The summed E-state index contributed by atoms with van der Waals surface area (Å²) in [7, 11) is 0. The molecule has 6 aromatic rings. The maximum Gasteiger partial charge on any atom is 0.417 e. The first kappa shape index (κ1) is 20.8. The van der Waals surface area contributed by atoms with Crippen molar-refractivity contribution in [1.29, 1.82) is 0 Å². The highest BCUT2D eigenvalue weighted by molar-refractivity contribution is 6.15. The Bertz CT molecular complexity index is 1640. The van der Waals surface area contributed by atoms with Crippen LogP contribution in [-0.4, -0.2) is 0 Å². The highest BCUT2D eigenvalue weighted by Crippen LogP contribution is 2.48. The summed E-state index contributed by atoms with van der Waals surface area (Å²) < 4.78 is 86.7. The van der Waals surface area contributed by atoms with Gasteiger partial charge in [0.2, 0.25) is 0 Å². The van der Waals surface area contributed by atoms with Crippen LogP contribution < -0.4 is 0 Å². The van der Waals surface area contributed by atoms with Gasteiger partial charge in [-0.25, -0.2) is 0 Å². The first-order chi connectivity index (χ1) is 16.1. The van der Waals surface area contributed by atoms with Crippen LogP contribution in [0.15, 0.2) is 84.9 Å². The van der Waals surface area contributed by atoms with Gasteiger partial charge in [-0.1, -0.05) is 48.5 Å². The lowest BCUT2D eigenvalue weighted by atomic mass is 9.87. The van der Waals surface area contributed by atoms with Crippen LogP contribution in [0.3, 0.4) is 0 Å². The molecule has 6 heteroatoms. The van der Waals surface area contributed by atoms with Crippen LogP contribution in [0, 0.1) is 0 Å². The van der Waals surface area contributed by atoms with Gasteiger partial charge in [-0.05, 0) is 90.3 Å². The number of alkyl halides is 6. The first-order valence-electron chi connectivity index (χ1n) is 10.5. The average Bonchev–Trinajstić information content (AvgIpc) is 2.76. The smallest absolute Gasteiger partial charge is 0.166 e. The molecule has 34 heavy (non-hydrogen) atoms. The molecule has 0 aromatic heterocycles. The standard InChI is InChI=1S/C28H14F6/c29-27(30,31)25-21-11-17-7-3-4-8-18(17)12-22(21)26(28(32,33)34)24-14-20-10-16-6-2-1-5-15(16)9-19(20)13-23(24)25/h1-14H. The van der Waals surface area contributed by atoms with Crippen LogP contribution >= 0.6 is 0 Å². The molecule has 0 heterocycles. The molecule has 0 saturated heterocycles. The fraction of sp³-hybridized carbons (Fsp3) is 0.0714. The lowest BCUT2D eigenvalue weighted by Crippen LogP contribution is -2.13. The van der Waals surface area contributed by atoms with E-state index in [2.05, 4.69) is 0 Å². The number of benzene rings is 6. The van der Waals surface area contributed by atoms with E-state index in [0.717, 1.165) is 10.8 Å². The summed E-state index contributed by atoms with van der Waals surface area (Å²) in [5.41, 5.74) is -2.10. The molecule has 0 saturated carbocycles. The number of hydrogen-bond donors (Lipinski definition) is 0. The molecule has 6 aromatic carbocycles. The van der Waals surface area contributed by atoms with Crippen molar-refractivity contribution in [3.63, 3.8) is 0 Å². The van der Waals surface area contributed by atoms with Crippen molar-refractivity contribution < 1.29 is 26.3 Å². The zero-order valence-electron chi connectivity index (χ0n) is 17.4. The Morgan fingerprint density at radius 2 is 0.618 bits per heavy atom. The summed E-state index contributed by atoms with van der Waals surface area (Å²) in [6.45, 7) is 0. The molecule has 0 N–H and O–H groups in total. The Kier molecular flexibility index (Phi) is 4.19. The van der Waals surface area contributed by atoms with Crippen LogP contribution in [-0.2, 0) is 12.4 Å². The molecule has 0 aliphatic rings. The number of halogens is 6. The van der Waals surface area contributed by atoms with Crippen molar-refractivity contribution in [2.75, 3.05) is 0 Å². The van der Waals surface area contributed by atoms with Gasteiger partial charge in [0.15, 0.2) is 0 Å². The number of fused-ring (bicyclic) bond motifs is 5. The van der Waals surface area contributed by atoms with Crippen molar-refractivity contribution >= 4 is 53.9 Å². The third-order valence-corrected chi connectivity index (χ3v) is 6.37. The molecular weight excluding hydrogens is 450 g/mol. The second-order valence-corrected chi connectivity index (χ2v) is 8.43. The van der Waals surface area contributed by atoms with Crippen LogP contribution in [0.1, 0.15) is 11.1 Å². The minimum Gasteiger partial charge on any atom is -0.166 e. The van der Waals surface area contributed by atoms with Gasteiger partial charge in [0.1, 0.15) is 0 Å². The molecule has 0 aliphatic heterocycles. The van der Waals surface area contributed by atoms with E-state index in [4.69, 9.17) is 0 Å². The molecule has 0 radical (unpaired) electrons. The second-order valence-electron chi connectivity index (χ2n) is 8.43. The molecule has 6 rings (SSSR count). The third kappa shape index (κ3) is 3.09. The monoisotopic (exact) mass is 464 g/mol. The van der Waals surface area contributed by atoms with Gasteiger partial charge in [-0.15, -0.1) is 0 Å². The topological polar surface area (TPSA) is 0 Å². The molecule has 0 spiro atoms. The number of rotatable bonds is 0. The van der Waals surface area contributed by atoms with Crippen LogP contribution in [0.4, 0.5) is 26.3 Å². The molecule has 0 unspecified atom stereocenters. The van der Waals surface area contributed by atoms with E-state index >= 15 is 0 Å². The Morgan fingerprint density at radius 1 is 0.353 bits per heavy atom. The van der Waals surface area contributed by atoms with E-state index in [9.17, 15) is 26.3 Å². The normalized spacial score (nSPS) is 13.0. The quantitative estimate of drug-likeness (QED) is 0.155. The van der Waals surface area contributed by atoms with Gasteiger partial charge in [0, 0.05) is 0 Å². The van der Waals surface area contributed by atoms with Gasteiger partial charge in [-0.2, -0.15) is 26.3 Å². The SMILES string of the molecule is FC(F)(F)c1c2cc3ccccc3cc2c(C(F)(F)F)c2cc3cc4ccccc4cc3cc12. The van der Waals surface area contributed by atoms with Crippen LogP contribution in [0.2, 0.25) is 0 Å². The lowest BCUT2D eigenvalue weighted by Gasteiger charge is -2.21. The predicted octanol–water partition coefficient (Wildman–Crippen LogP) is 9.49. The van der Waals surface area contributed by atoms with E-state index in [1.807, 2.05) is 12.1 Å². The highest BCUT2D eigenvalue weighted by atomic mass is 19.4. The summed E-state index contributed by atoms with van der Waals surface area (Å²) in [5, 5.41) is 1.57. The molecular formula is C28H14F6. The molecule has 168 valence electrons. The fourth-order valence-electron chi connectivity index (χ4n) is 4.96. The molecule has 0 fully saturated rings. The molecule has 0 amide bonds. The molecule has 0 aliphatic carbocycles. The molecule has 0 bridgehead atoms. The predicted molar refractivity (Wildman–Crippen MR) is 124 cm³/mol. The summed E-state index contributed by atoms with van der Waals surface area (Å²) >= 11 is 0. The van der Waals surface area contributed by atoms with E-state index in [1.165, 1.54) is 24.3 Å². The van der Waals surface area contributed by atoms with E-state index in [-0.39, 0.29) is 0 Å². The first-order valence-corrected chi connectivity index (χ1v) is 10.5. The van der Waals surface area contributed by atoms with E-state index in [1.54, 1.807) is 48.5 Å². The third-order valence-electron chi connectivity index (χ3n) is 6.37. The highest BCUT2D eigenvalue weighted by Gasteiger charge is 2.41. The Morgan fingerprint density at radius 3 is 0.912 bits per heavy atom. The van der Waals surface area contributed by atoms with Gasteiger partial charge in [0.25, 0.3) is 0 Å².